The largest absolute Gasteiger partial charge is 0.534 e. The van der Waals surface area contributed by atoms with E-state index in [9.17, 15) is 21.6 Å². The molecule has 0 atom stereocenters. The van der Waals surface area contributed by atoms with Gasteiger partial charge in [0.05, 0.1) is 0 Å². The molecular weight excluding hydrogens is 329 g/mol. The minimum atomic E-state index is -5.63. The molecule has 0 radical (unpaired) electrons. The maximum Gasteiger partial charge on any atom is 0.534 e. The zero-order chi connectivity index (χ0) is 16.3. The highest BCUT2D eigenvalue weighted by molar-refractivity contribution is 7.88. The van der Waals surface area contributed by atoms with Crippen LogP contribution in [0.15, 0.2) is 18.2 Å². The summed E-state index contributed by atoms with van der Waals surface area (Å²) in [5, 5.41) is 0.327. The Bertz CT molecular complexity index is 581. The summed E-state index contributed by atoms with van der Waals surface area (Å²) in [5.41, 5.74) is -5.04. The third-order valence-corrected chi connectivity index (χ3v) is 3.67. The fourth-order valence-electron chi connectivity index (χ4n) is 1.47. The second-order valence-corrected chi connectivity index (χ2v) is 6.62. The predicted octanol–water partition coefficient (Wildman–Crippen LogP) is 4.86. The van der Waals surface area contributed by atoms with Crippen molar-refractivity contribution in [2.75, 3.05) is 0 Å². The SMILES string of the molecule is CCC.O=S(=O)(Oc1ccc(Cl)cc1C1CC1)C(F)(F)F. The topological polar surface area (TPSA) is 43.4 Å². The molecule has 0 unspecified atom stereocenters. The number of alkyl halides is 3. The maximum absolute atomic E-state index is 12.2. The van der Waals surface area contributed by atoms with E-state index in [0.717, 1.165) is 18.9 Å². The number of rotatable bonds is 3. The Balaban J connectivity index is 0.000000677. The standard InChI is InChI=1S/C10H8ClF3O3S.C3H8/c11-7-3-4-9(8(5-7)6-1-2-6)17-18(15,16)10(12,13)14;1-3-2/h3-6H,1-2H2;3H2,1-2H3. The van der Waals surface area contributed by atoms with Gasteiger partial charge in [0.2, 0.25) is 0 Å². The van der Waals surface area contributed by atoms with E-state index in [1.54, 1.807) is 0 Å². The molecule has 3 nitrogen and oxygen atoms in total. The molecule has 0 bridgehead atoms. The minimum absolute atomic E-state index is 0.0159. The van der Waals surface area contributed by atoms with Gasteiger partial charge in [-0.3, -0.25) is 0 Å². The number of hydrogen-bond donors (Lipinski definition) is 0. The first-order valence-corrected chi connectivity index (χ1v) is 8.21. The van der Waals surface area contributed by atoms with Crippen LogP contribution in [0.25, 0.3) is 0 Å². The minimum Gasteiger partial charge on any atom is -0.376 e. The Morgan fingerprint density at radius 2 is 1.81 bits per heavy atom. The summed E-state index contributed by atoms with van der Waals surface area (Å²) in [6, 6.07) is 3.86. The van der Waals surface area contributed by atoms with Crippen LogP contribution in [0.5, 0.6) is 5.75 Å². The van der Waals surface area contributed by atoms with Crippen molar-refractivity contribution >= 4 is 21.7 Å². The van der Waals surface area contributed by atoms with Crippen LogP contribution in [0.1, 0.15) is 44.6 Å². The van der Waals surface area contributed by atoms with E-state index in [4.69, 9.17) is 11.6 Å². The van der Waals surface area contributed by atoms with Gasteiger partial charge in [0.25, 0.3) is 0 Å². The van der Waals surface area contributed by atoms with Gasteiger partial charge < -0.3 is 4.18 Å². The Labute approximate surface area is 127 Å². The number of halogens is 4. The van der Waals surface area contributed by atoms with Gasteiger partial charge in [-0.2, -0.15) is 21.6 Å². The number of benzene rings is 1. The summed E-state index contributed by atoms with van der Waals surface area (Å²) < 4.78 is 62.6. The first-order valence-electron chi connectivity index (χ1n) is 6.42. The molecule has 21 heavy (non-hydrogen) atoms. The third kappa shape index (κ3) is 5.07. The fourth-order valence-corrected chi connectivity index (χ4v) is 2.14. The molecule has 1 fully saturated rings. The van der Waals surface area contributed by atoms with Crippen molar-refractivity contribution < 1.29 is 25.8 Å². The van der Waals surface area contributed by atoms with Crippen molar-refractivity contribution in [1.82, 2.24) is 0 Å². The second-order valence-electron chi connectivity index (χ2n) is 4.65. The summed E-state index contributed by atoms with van der Waals surface area (Å²) in [7, 11) is -5.63. The average Bonchev–Trinajstić information content (AvgIpc) is 3.14. The molecular formula is C13H16ClF3O3S. The molecule has 1 saturated carbocycles. The summed E-state index contributed by atoms with van der Waals surface area (Å²) in [6.45, 7) is 4.25. The fraction of sp³-hybridized carbons (Fsp3) is 0.538. The Hall–Kier alpha value is -0.950. The molecule has 0 aliphatic heterocycles. The van der Waals surface area contributed by atoms with Crippen LogP contribution in [0.4, 0.5) is 13.2 Å². The van der Waals surface area contributed by atoms with E-state index < -0.39 is 15.6 Å². The van der Waals surface area contributed by atoms with Crippen LogP contribution in [0.3, 0.4) is 0 Å². The van der Waals surface area contributed by atoms with Crippen molar-refractivity contribution in [1.29, 1.82) is 0 Å². The monoisotopic (exact) mass is 344 g/mol. The smallest absolute Gasteiger partial charge is 0.376 e. The van der Waals surface area contributed by atoms with Gasteiger partial charge in [-0.1, -0.05) is 31.9 Å². The predicted molar refractivity (Wildman–Crippen MR) is 75.0 cm³/mol. The molecule has 120 valence electrons. The molecule has 1 aliphatic carbocycles. The van der Waals surface area contributed by atoms with Crippen LogP contribution in [-0.2, 0) is 10.1 Å². The molecule has 0 aromatic heterocycles. The molecule has 1 aromatic rings. The zero-order valence-electron chi connectivity index (χ0n) is 11.6. The Kier molecular flexibility index (Phi) is 5.92. The van der Waals surface area contributed by atoms with Crippen molar-refractivity contribution in [2.24, 2.45) is 0 Å². The Morgan fingerprint density at radius 1 is 1.29 bits per heavy atom. The van der Waals surface area contributed by atoms with E-state index in [1.165, 1.54) is 18.6 Å². The van der Waals surface area contributed by atoms with Gasteiger partial charge in [0.15, 0.2) is 0 Å². The summed E-state index contributed by atoms with van der Waals surface area (Å²) >= 11 is 5.72. The van der Waals surface area contributed by atoms with Crippen molar-refractivity contribution in [3.05, 3.63) is 28.8 Å². The second kappa shape index (κ2) is 6.87. The highest BCUT2D eigenvalue weighted by Gasteiger charge is 2.49. The van der Waals surface area contributed by atoms with Gasteiger partial charge in [-0.05, 0) is 37.0 Å². The van der Waals surface area contributed by atoms with E-state index >= 15 is 0 Å². The van der Waals surface area contributed by atoms with Crippen molar-refractivity contribution in [3.8, 4) is 5.75 Å². The van der Waals surface area contributed by atoms with E-state index in [-0.39, 0.29) is 11.7 Å². The lowest BCUT2D eigenvalue weighted by Gasteiger charge is -2.12. The molecule has 8 heteroatoms. The quantitative estimate of drug-likeness (QED) is 0.581. The molecule has 0 heterocycles. The van der Waals surface area contributed by atoms with Gasteiger partial charge in [0.1, 0.15) is 5.75 Å². The average molecular weight is 345 g/mol. The molecule has 0 spiro atoms. The Morgan fingerprint density at radius 3 is 2.24 bits per heavy atom. The maximum atomic E-state index is 12.2. The molecule has 0 amide bonds. The molecule has 0 N–H and O–H groups in total. The first kappa shape index (κ1) is 18.1. The van der Waals surface area contributed by atoms with Crippen LogP contribution in [0, 0.1) is 0 Å². The lowest BCUT2D eigenvalue weighted by atomic mass is 10.1. The van der Waals surface area contributed by atoms with Crippen LogP contribution >= 0.6 is 11.6 Å². The summed E-state index contributed by atoms with van der Waals surface area (Å²) in [6.07, 6.45) is 2.81. The molecule has 0 saturated heterocycles. The first-order chi connectivity index (χ1) is 9.62. The van der Waals surface area contributed by atoms with Crippen LogP contribution in [-0.4, -0.2) is 13.9 Å². The lowest BCUT2D eigenvalue weighted by molar-refractivity contribution is -0.0500. The summed E-state index contributed by atoms with van der Waals surface area (Å²) in [4.78, 5) is 0. The lowest BCUT2D eigenvalue weighted by Crippen LogP contribution is -2.28. The molecule has 1 aromatic carbocycles. The zero-order valence-corrected chi connectivity index (χ0v) is 13.1. The highest BCUT2D eigenvalue weighted by Crippen LogP contribution is 2.46. The van der Waals surface area contributed by atoms with E-state index in [0.29, 0.717) is 10.6 Å². The summed E-state index contributed by atoms with van der Waals surface area (Å²) in [5.74, 6) is -0.290. The molecule has 2 rings (SSSR count). The van der Waals surface area contributed by atoms with E-state index in [1.807, 2.05) is 0 Å². The van der Waals surface area contributed by atoms with Crippen LogP contribution < -0.4 is 4.18 Å². The van der Waals surface area contributed by atoms with Crippen molar-refractivity contribution in [3.63, 3.8) is 0 Å². The number of hydrogen-bond acceptors (Lipinski definition) is 3. The molecule has 1 aliphatic rings. The normalized spacial score (nSPS) is 15.1. The van der Waals surface area contributed by atoms with Crippen molar-refractivity contribution in [2.45, 2.75) is 44.5 Å². The third-order valence-electron chi connectivity index (χ3n) is 2.47. The van der Waals surface area contributed by atoms with Gasteiger partial charge in [-0.15, -0.1) is 0 Å². The van der Waals surface area contributed by atoms with Gasteiger partial charge in [0, 0.05) is 10.6 Å². The van der Waals surface area contributed by atoms with Crippen LogP contribution in [0.2, 0.25) is 5.02 Å². The highest BCUT2D eigenvalue weighted by atomic mass is 35.5. The van der Waals surface area contributed by atoms with Gasteiger partial charge in [-0.25, -0.2) is 0 Å². The van der Waals surface area contributed by atoms with E-state index in [2.05, 4.69) is 18.0 Å². The van der Waals surface area contributed by atoms with Gasteiger partial charge >= 0.3 is 15.6 Å².